The molecular weight excluding hydrogens is 333 g/mol. The Bertz CT molecular complexity index is 585. The van der Waals surface area contributed by atoms with Gasteiger partial charge in [0, 0.05) is 16.5 Å². The lowest BCUT2D eigenvalue weighted by molar-refractivity contribution is 0.427. The maximum Gasteiger partial charge on any atom is 0.129 e. The molecule has 1 N–H and O–H groups in total. The topological polar surface area (TPSA) is 25.2 Å². The molecule has 5 heteroatoms. The largest absolute Gasteiger partial charge is 0.464 e. The second-order valence-electron chi connectivity index (χ2n) is 4.17. The Kier molecular flexibility index (Phi) is 4.66. The van der Waals surface area contributed by atoms with Crippen molar-refractivity contribution in [1.82, 2.24) is 5.32 Å². The van der Waals surface area contributed by atoms with Crippen LogP contribution in [0.15, 0.2) is 33.2 Å². The Morgan fingerprint density at radius 1 is 1.42 bits per heavy atom. The second kappa shape index (κ2) is 6.07. The Hall–Kier alpha value is -0.840. The van der Waals surface area contributed by atoms with Crippen molar-refractivity contribution in [3.05, 3.63) is 56.7 Å². The number of hydrogen-bond donors (Lipinski definition) is 1. The van der Waals surface area contributed by atoms with Gasteiger partial charge < -0.3 is 9.73 Å². The SMILES string of the molecule is CCc1ccc(C(NC)c2cc(Cl)c(Br)cc2F)o1. The standard InChI is InChI=1S/C14H14BrClFNO/c1-3-8-4-5-13(19-8)14(18-2)9-6-11(16)10(15)7-12(9)17/h4-7,14,18H,3H2,1-2H3. The maximum atomic E-state index is 14.1. The van der Waals surface area contributed by atoms with E-state index in [4.69, 9.17) is 16.0 Å². The van der Waals surface area contributed by atoms with E-state index < -0.39 is 0 Å². The molecule has 2 aromatic rings. The van der Waals surface area contributed by atoms with Gasteiger partial charge in [-0.1, -0.05) is 18.5 Å². The van der Waals surface area contributed by atoms with Gasteiger partial charge in [0.15, 0.2) is 0 Å². The van der Waals surface area contributed by atoms with E-state index in [9.17, 15) is 4.39 Å². The highest BCUT2D eigenvalue weighted by Gasteiger charge is 2.21. The first-order chi connectivity index (χ1) is 9.06. The van der Waals surface area contributed by atoms with E-state index in [1.807, 2.05) is 19.1 Å². The minimum Gasteiger partial charge on any atom is -0.464 e. The van der Waals surface area contributed by atoms with E-state index in [1.165, 1.54) is 6.07 Å². The lowest BCUT2D eigenvalue weighted by Crippen LogP contribution is -2.18. The van der Waals surface area contributed by atoms with Gasteiger partial charge in [0.25, 0.3) is 0 Å². The van der Waals surface area contributed by atoms with E-state index >= 15 is 0 Å². The normalized spacial score (nSPS) is 12.7. The van der Waals surface area contributed by atoms with Gasteiger partial charge in [-0.15, -0.1) is 0 Å². The minimum atomic E-state index is -0.356. The number of nitrogens with one attached hydrogen (secondary N) is 1. The van der Waals surface area contributed by atoms with Crippen LogP contribution in [0.2, 0.25) is 5.02 Å². The third kappa shape index (κ3) is 3.02. The number of hydrogen-bond acceptors (Lipinski definition) is 2. The van der Waals surface area contributed by atoms with Crippen LogP contribution in [-0.2, 0) is 6.42 Å². The lowest BCUT2D eigenvalue weighted by atomic mass is 10.0. The summed E-state index contributed by atoms with van der Waals surface area (Å²) in [5, 5.41) is 3.52. The molecule has 19 heavy (non-hydrogen) atoms. The molecule has 0 aliphatic heterocycles. The summed E-state index contributed by atoms with van der Waals surface area (Å²) in [5.74, 6) is 1.22. The number of benzene rings is 1. The lowest BCUT2D eigenvalue weighted by Gasteiger charge is -2.16. The van der Waals surface area contributed by atoms with Crippen LogP contribution >= 0.6 is 27.5 Å². The van der Waals surface area contributed by atoms with Crippen molar-refractivity contribution in [1.29, 1.82) is 0 Å². The second-order valence-corrected chi connectivity index (χ2v) is 5.43. The van der Waals surface area contributed by atoms with Crippen molar-refractivity contribution >= 4 is 27.5 Å². The average Bonchev–Trinajstić information content (AvgIpc) is 2.85. The van der Waals surface area contributed by atoms with Crippen LogP contribution in [-0.4, -0.2) is 7.05 Å². The van der Waals surface area contributed by atoms with E-state index in [2.05, 4.69) is 21.2 Å². The Morgan fingerprint density at radius 2 is 2.16 bits per heavy atom. The van der Waals surface area contributed by atoms with Crippen LogP contribution < -0.4 is 5.32 Å². The summed E-state index contributed by atoms with van der Waals surface area (Å²) >= 11 is 9.24. The van der Waals surface area contributed by atoms with Crippen molar-refractivity contribution in [2.24, 2.45) is 0 Å². The van der Waals surface area contributed by atoms with Gasteiger partial charge in [-0.2, -0.15) is 0 Å². The van der Waals surface area contributed by atoms with Crippen molar-refractivity contribution in [2.75, 3.05) is 7.05 Å². The van der Waals surface area contributed by atoms with E-state index in [0.29, 0.717) is 20.8 Å². The summed E-state index contributed by atoms with van der Waals surface area (Å²) in [4.78, 5) is 0. The number of aryl methyl sites for hydroxylation is 1. The Balaban J connectivity index is 2.44. The third-order valence-electron chi connectivity index (χ3n) is 2.95. The molecule has 2 rings (SSSR count). The summed E-state index contributed by atoms with van der Waals surface area (Å²) in [5.41, 5.74) is 0.465. The highest BCUT2D eigenvalue weighted by Crippen LogP contribution is 2.32. The summed E-state index contributed by atoms with van der Waals surface area (Å²) in [6.07, 6.45) is 0.806. The highest BCUT2D eigenvalue weighted by molar-refractivity contribution is 9.10. The van der Waals surface area contributed by atoms with E-state index in [-0.39, 0.29) is 11.9 Å². The molecule has 0 aliphatic rings. The first kappa shape index (κ1) is 14.6. The quantitative estimate of drug-likeness (QED) is 0.811. The molecule has 0 spiro atoms. The molecule has 0 aliphatic carbocycles. The van der Waals surface area contributed by atoms with Gasteiger partial charge in [-0.05, 0) is 47.2 Å². The fourth-order valence-corrected chi connectivity index (χ4v) is 2.44. The van der Waals surface area contributed by atoms with E-state index in [1.54, 1.807) is 13.1 Å². The molecular formula is C14H14BrClFNO. The van der Waals surface area contributed by atoms with Gasteiger partial charge in [-0.25, -0.2) is 4.39 Å². The summed E-state index contributed by atoms with van der Waals surface area (Å²) in [6, 6.07) is 6.38. The van der Waals surface area contributed by atoms with Crippen LogP contribution in [0.3, 0.4) is 0 Å². The van der Waals surface area contributed by atoms with E-state index in [0.717, 1.165) is 12.2 Å². The predicted molar refractivity (Wildman–Crippen MR) is 78.1 cm³/mol. The molecule has 0 saturated heterocycles. The van der Waals surface area contributed by atoms with Gasteiger partial charge >= 0.3 is 0 Å². The molecule has 1 aromatic carbocycles. The molecule has 0 bridgehead atoms. The zero-order chi connectivity index (χ0) is 14.0. The average molecular weight is 347 g/mol. The van der Waals surface area contributed by atoms with Crippen LogP contribution in [0.4, 0.5) is 4.39 Å². The van der Waals surface area contributed by atoms with Crippen molar-refractivity contribution in [3.63, 3.8) is 0 Å². The molecule has 0 radical (unpaired) electrons. The van der Waals surface area contributed by atoms with Crippen LogP contribution in [0, 0.1) is 5.82 Å². The fraction of sp³-hybridized carbons (Fsp3) is 0.286. The molecule has 0 fully saturated rings. The monoisotopic (exact) mass is 345 g/mol. The summed E-state index contributed by atoms with van der Waals surface area (Å²) in [6.45, 7) is 2.01. The van der Waals surface area contributed by atoms with Crippen LogP contribution in [0.25, 0.3) is 0 Å². The predicted octanol–water partition coefficient (Wildman–Crippen LogP) is 4.71. The molecule has 1 atom stereocenters. The summed E-state index contributed by atoms with van der Waals surface area (Å²) in [7, 11) is 1.76. The Labute approximate surface area is 125 Å². The molecule has 1 aromatic heterocycles. The highest BCUT2D eigenvalue weighted by atomic mass is 79.9. The number of furan rings is 1. The van der Waals surface area contributed by atoms with Gasteiger partial charge in [0.1, 0.15) is 17.3 Å². The first-order valence-corrected chi connectivity index (χ1v) is 7.14. The van der Waals surface area contributed by atoms with Crippen LogP contribution in [0.1, 0.15) is 30.0 Å². The Morgan fingerprint density at radius 3 is 2.74 bits per heavy atom. The molecule has 0 amide bonds. The minimum absolute atomic E-state index is 0.329. The molecule has 0 saturated carbocycles. The molecule has 2 nitrogen and oxygen atoms in total. The van der Waals surface area contributed by atoms with Gasteiger partial charge in [0.2, 0.25) is 0 Å². The molecule has 102 valence electrons. The van der Waals surface area contributed by atoms with Crippen molar-refractivity contribution in [2.45, 2.75) is 19.4 Å². The third-order valence-corrected chi connectivity index (χ3v) is 4.15. The first-order valence-electron chi connectivity index (χ1n) is 5.97. The van der Waals surface area contributed by atoms with Crippen LogP contribution in [0.5, 0.6) is 0 Å². The zero-order valence-electron chi connectivity index (χ0n) is 10.6. The molecule has 1 unspecified atom stereocenters. The number of rotatable bonds is 4. The smallest absolute Gasteiger partial charge is 0.129 e. The van der Waals surface area contributed by atoms with Crippen molar-refractivity contribution < 1.29 is 8.81 Å². The summed E-state index contributed by atoms with van der Waals surface area (Å²) < 4.78 is 20.3. The maximum absolute atomic E-state index is 14.1. The zero-order valence-corrected chi connectivity index (χ0v) is 13.0. The van der Waals surface area contributed by atoms with Gasteiger partial charge in [-0.3, -0.25) is 0 Å². The van der Waals surface area contributed by atoms with Crippen molar-refractivity contribution in [3.8, 4) is 0 Å². The fourth-order valence-electron chi connectivity index (χ4n) is 1.95. The number of halogens is 3. The molecule has 1 heterocycles. The van der Waals surface area contributed by atoms with Gasteiger partial charge in [0.05, 0.1) is 11.1 Å².